The summed E-state index contributed by atoms with van der Waals surface area (Å²) < 4.78 is 0. The number of rotatable bonds is 6. The summed E-state index contributed by atoms with van der Waals surface area (Å²) in [6.45, 7) is 10.3. The van der Waals surface area contributed by atoms with Gasteiger partial charge in [0.1, 0.15) is 0 Å². The highest BCUT2D eigenvalue weighted by Crippen LogP contribution is 2.15. The fourth-order valence-corrected chi connectivity index (χ4v) is 3.52. The van der Waals surface area contributed by atoms with Crippen molar-refractivity contribution in [2.24, 2.45) is 0 Å². The Morgan fingerprint density at radius 3 is 2.19 bits per heavy atom. The number of likely N-dealkylation sites (N-methyl/N-ethyl adjacent to an activating group) is 1. The molecular weight excluding hydrogens is 322 g/mol. The van der Waals surface area contributed by atoms with Crippen molar-refractivity contribution in [2.45, 2.75) is 20.4 Å². The summed E-state index contributed by atoms with van der Waals surface area (Å²) in [5, 5.41) is 0. The van der Waals surface area contributed by atoms with Gasteiger partial charge in [-0.3, -0.25) is 14.6 Å². The summed E-state index contributed by atoms with van der Waals surface area (Å²) in [7, 11) is 0. The molecule has 0 bridgehead atoms. The van der Waals surface area contributed by atoms with Gasteiger partial charge in [-0.1, -0.05) is 42.5 Å². The molecule has 1 aliphatic rings. The molecule has 0 aliphatic carbocycles. The molecule has 0 N–H and O–H groups in total. The molecule has 4 nitrogen and oxygen atoms in total. The molecule has 2 aromatic rings. The molecule has 4 heteroatoms. The third-order valence-electron chi connectivity index (χ3n) is 5.16. The Labute approximate surface area is 157 Å². The summed E-state index contributed by atoms with van der Waals surface area (Å²) in [4.78, 5) is 19.4. The molecular formula is C22H29N3O. The Hall–Kier alpha value is -2.17. The molecule has 0 radical (unpaired) electrons. The molecule has 26 heavy (non-hydrogen) atoms. The Bertz CT molecular complexity index is 708. The van der Waals surface area contributed by atoms with E-state index in [1.807, 2.05) is 42.2 Å². The minimum atomic E-state index is 0.186. The van der Waals surface area contributed by atoms with Crippen LogP contribution >= 0.6 is 0 Å². The lowest BCUT2D eigenvalue weighted by Crippen LogP contribution is -2.49. The second kappa shape index (κ2) is 8.97. The lowest BCUT2D eigenvalue weighted by molar-refractivity contribution is -0.120. The molecule has 1 saturated heterocycles. The van der Waals surface area contributed by atoms with Crippen LogP contribution in [0.2, 0.25) is 0 Å². The van der Waals surface area contributed by atoms with E-state index in [0.29, 0.717) is 13.1 Å². The lowest BCUT2D eigenvalue weighted by Gasteiger charge is -2.35. The number of aryl methyl sites for hydroxylation is 1. The Morgan fingerprint density at radius 2 is 1.54 bits per heavy atom. The van der Waals surface area contributed by atoms with Gasteiger partial charge in [0.05, 0.1) is 6.54 Å². The van der Waals surface area contributed by atoms with Gasteiger partial charge in [-0.25, -0.2) is 0 Å². The number of amides is 1. The molecule has 1 heterocycles. The number of carbonyl (C=O) groups excluding carboxylic acids is 1. The largest absolute Gasteiger partial charge is 0.312 e. The van der Waals surface area contributed by atoms with Gasteiger partial charge in [-0.2, -0.15) is 0 Å². The third kappa shape index (κ3) is 4.71. The molecule has 3 rings (SSSR count). The molecule has 1 fully saturated rings. The number of nitrogens with zero attached hydrogens (tertiary/aromatic N) is 3. The van der Waals surface area contributed by atoms with Crippen LogP contribution in [-0.2, 0) is 11.3 Å². The average Bonchev–Trinajstić information content (AvgIpc) is 2.67. The number of benzene rings is 2. The van der Waals surface area contributed by atoms with E-state index in [1.165, 1.54) is 11.1 Å². The third-order valence-corrected chi connectivity index (χ3v) is 5.16. The standard InChI is InChI=1S/C22H29N3O/c1-3-25(21-11-5-4-6-12-21)22(26)18-24-15-13-23(14-16-24)17-20-10-8-7-9-19(20)2/h4-12H,3,13-18H2,1-2H3. The molecule has 0 spiro atoms. The quantitative estimate of drug-likeness (QED) is 0.800. The maximum absolute atomic E-state index is 12.7. The number of carbonyl (C=O) groups is 1. The number of hydrogen-bond donors (Lipinski definition) is 0. The van der Waals surface area contributed by atoms with Crippen LogP contribution < -0.4 is 4.90 Å². The first-order chi connectivity index (χ1) is 12.7. The smallest absolute Gasteiger partial charge is 0.241 e. The van der Waals surface area contributed by atoms with Crippen molar-refractivity contribution in [3.8, 4) is 0 Å². The van der Waals surface area contributed by atoms with Crippen molar-refractivity contribution in [1.82, 2.24) is 9.80 Å². The molecule has 0 atom stereocenters. The number of hydrogen-bond acceptors (Lipinski definition) is 3. The molecule has 0 saturated carbocycles. The normalized spacial score (nSPS) is 15.8. The summed E-state index contributed by atoms with van der Waals surface area (Å²) in [6.07, 6.45) is 0. The Balaban J connectivity index is 1.50. The van der Waals surface area contributed by atoms with E-state index < -0.39 is 0 Å². The van der Waals surface area contributed by atoms with Crippen LogP contribution in [0, 0.1) is 6.92 Å². The first-order valence-electron chi connectivity index (χ1n) is 9.52. The van der Waals surface area contributed by atoms with Crippen LogP contribution in [-0.4, -0.2) is 55.0 Å². The SMILES string of the molecule is CCN(C(=O)CN1CCN(Cc2ccccc2C)CC1)c1ccccc1. The van der Waals surface area contributed by atoms with Gasteiger partial charge in [-0.05, 0) is 37.1 Å². The van der Waals surface area contributed by atoms with E-state index in [4.69, 9.17) is 0 Å². The first kappa shape index (κ1) is 18.6. The highest BCUT2D eigenvalue weighted by Gasteiger charge is 2.22. The maximum Gasteiger partial charge on any atom is 0.241 e. The molecule has 0 aromatic heterocycles. The molecule has 0 unspecified atom stereocenters. The lowest BCUT2D eigenvalue weighted by atomic mass is 10.1. The van der Waals surface area contributed by atoms with Crippen molar-refractivity contribution in [2.75, 3.05) is 44.2 Å². The topological polar surface area (TPSA) is 26.8 Å². The summed E-state index contributed by atoms with van der Waals surface area (Å²) in [5.41, 5.74) is 3.74. The van der Waals surface area contributed by atoms with E-state index in [-0.39, 0.29) is 5.91 Å². The van der Waals surface area contributed by atoms with Crippen LogP contribution in [0.5, 0.6) is 0 Å². The van der Waals surface area contributed by atoms with Crippen molar-refractivity contribution in [1.29, 1.82) is 0 Å². The highest BCUT2D eigenvalue weighted by atomic mass is 16.2. The summed E-state index contributed by atoms with van der Waals surface area (Å²) in [5.74, 6) is 0.186. The van der Waals surface area contributed by atoms with Crippen molar-refractivity contribution in [3.05, 3.63) is 65.7 Å². The van der Waals surface area contributed by atoms with Crippen LogP contribution in [0.25, 0.3) is 0 Å². The van der Waals surface area contributed by atoms with Crippen LogP contribution in [0.4, 0.5) is 5.69 Å². The first-order valence-corrected chi connectivity index (χ1v) is 9.52. The van der Waals surface area contributed by atoms with Crippen molar-refractivity contribution >= 4 is 11.6 Å². The van der Waals surface area contributed by atoms with Crippen molar-refractivity contribution in [3.63, 3.8) is 0 Å². The Kier molecular flexibility index (Phi) is 6.42. The predicted octanol–water partition coefficient (Wildman–Crippen LogP) is 3.17. The molecule has 1 amide bonds. The number of para-hydroxylation sites is 1. The number of anilines is 1. The fraction of sp³-hybridized carbons (Fsp3) is 0.409. The van der Waals surface area contributed by atoms with Crippen LogP contribution in [0.3, 0.4) is 0 Å². The predicted molar refractivity (Wildman–Crippen MR) is 107 cm³/mol. The molecule has 1 aliphatic heterocycles. The average molecular weight is 351 g/mol. The van der Waals surface area contributed by atoms with E-state index in [9.17, 15) is 4.79 Å². The van der Waals surface area contributed by atoms with E-state index in [2.05, 4.69) is 41.0 Å². The monoisotopic (exact) mass is 351 g/mol. The number of piperazine rings is 1. The van der Waals surface area contributed by atoms with Gasteiger partial charge in [-0.15, -0.1) is 0 Å². The van der Waals surface area contributed by atoms with Crippen LogP contribution in [0.15, 0.2) is 54.6 Å². The van der Waals surface area contributed by atoms with E-state index in [1.54, 1.807) is 0 Å². The zero-order chi connectivity index (χ0) is 18.4. The van der Waals surface area contributed by atoms with Gasteiger partial charge in [0, 0.05) is 45.0 Å². The van der Waals surface area contributed by atoms with E-state index in [0.717, 1.165) is 38.4 Å². The minimum absolute atomic E-state index is 0.186. The zero-order valence-corrected chi connectivity index (χ0v) is 15.9. The van der Waals surface area contributed by atoms with E-state index >= 15 is 0 Å². The van der Waals surface area contributed by atoms with Crippen LogP contribution in [0.1, 0.15) is 18.1 Å². The van der Waals surface area contributed by atoms with Crippen molar-refractivity contribution < 1.29 is 4.79 Å². The van der Waals surface area contributed by atoms with Gasteiger partial charge >= 0.3 is 0 Å². The highest BCUT2D eigenvalue weighted by molar-refractivity contribution is 5.94. The maximum atomic E-state index is 12.7. The van der Waals surface area contributed by atoms with Gasteiger partial charge in [0.25, 0.3) is 0 Å². The minimum Gasteiger partial charge on any atom is -0.312 e. The van der Waals surface area contributed by atoms with Gasteiger partial charge in [0.2, 0.25) is 5.91 Å². The zero-order valence-electron chi connectivity index (χ0n) is 15.9. The van der Waals surface area contributed by atoms with Gasteiger partial charge < -0.3 is 4.90 Å². The summed E-state index contributed by atoms with van der Waals surface area (Å²) in [6, 6.07) is 18.5. The Morgan fingerprint density at radius 1 is 0.923 bits per heavy atom. The molecule has 138 valence electrons. The second-order valence-corrected chi connectivity index (χ2v) is 6.95. The fourth-order valence-electron chi connectivity index (χ4n) is 3.52. The summed E-state index contributed by atoms with van der Waals surface area (Å²) >= 11 is 0. The van der Waals surface area contributed by atoms with Gasteiger partial charge in [0.15, 0.2) is 0 Å². The second-order valence-electron chi connectivity index (χ2n) is 6.95. The molecule has 2 aromatic carbocycles.